The predicted molar refractivity (Wildman–Crippen MR) is 110 cm³/mol. The fourth-order valence-corrected chi connectivity index (χ4v) is 2.38. The highest BCUT2D eigenvalue weighted by Gasteiger charge is 2.02. The van der Waals surface area contributed by atoms with Crippen molar-refractivity contribution in [3.8, 4) is 6.07 Å². The Kier molecular flexibility index (Phi) is 8.27. The van der Waals surface area contributed by atoms with E-state index in [0.29, 0.717) is 12.1 Å². The lowest BCUT2D eigenvalue weighted by Crippen LogP contribution is -2.36. The standard InChI is InChI=1S/C19H22N4.HI/c1-14-7-8-18(15(2)9-14)13-23-19(21-3)22-12-17-6-4-5-16(10-17)11-20;/h4-10H,12-13H2,1-3H3,(H2,21,22,23);1H. The average Bonchev–Trinajstić information content (AvgIpc) is 2.56. The minimum absolute atomic E-state index is 0. The van der Waals surface area contributed by atoms with Crippen molar-refractivity contribution >= 4 is 29.9 Å². The maximum atomic E-state index is 8.93. The number of nitrogens with one attached hydrogen (secondary N) is 2. The molecule has 0 unspecified atom stereocenters. The molecule has 0 bridgehead atoms. The van der Waals surface area contributed by atoms with Crippen molar-refractivity contribution in [2.45, 2.75) is 26.9 Å². The zero-order valence-corrected chi connectivity index (χ0v) is 16.6. The first-order valence-electron chi connectivity index (χ1n) is 7.62. The average molecular weight is 434 g/mol. The first-order chi connectivity index (χ1) is 11.1. The van der Waals surface area contributed by atoms with Crippen LogP contribution in [0, 0.1) is 25.2 Å². The van der Waals surface area contributed by atoms with E-state index in [1.165, 1.54) is 16.7 Å². The van der Waals surface area contributed by atoms with Gasteiger partial charge in [0.2, 0.25) is 0 Å². The molecular weight excluding hydrogens is 411 g/mol. The van der Waals surface area contributed by atoms with Gasteiger partial charge in [-0.25, -0.2) is 0 Å². The normalized spacial score (nSPS) is 10.5. The molecule has 2 rings (SSSR count). The highest BCUT2D eigenvalue weighted by Crippen LogP contribution is 2.10. The molecule has 4 nitrogen and oxygen atoms in total. The molecule has 0 aliphatic carbocycles. The second kappa shape index (κ2) is 9.93. The van der Waals surface area contributed by atoms with Crippen molar-refractivity contribution in [1.82, 2.24) is 10.6 Å². The van der Waals surface area contributed by atoms with Gasteiger partial charge in [-0.2, -0.15) is 5.26 Å². The second-order valence-electron chi connectivity index (χ2n) is 5.52. The highest BCUT2D eigenvalue weighted by molar-refractivity contribution is 14.0. The third-order valence-corrected chi connectivity index (χ3v) is 3.68. The summed E-state index contributed by atoms with van der Waals surface area (Å²) in [5.74, 6) is 0.743. The van der Waals surface area contributed by atoms with Crippen molar-refractivity contribution in [2.75, 3.05) is 7.05 Å². The Morgan fingerprint density at radius 1 is 1.08 bits per heavy atom. The molecule has 5 heteroatoms. The fraction of sp³-hybridized carbons (Fsp3) is 0.263. The van der Waals surface area contributed by atoms with Gasteiger partial charge in [-0.05, 0) is 42.7 Å². The van der Waals surface area contributed by atoms with Crippen LogP contribution in [0.15, 0.2) is 47.5 Å². The van der Waals surface area contributed by atoms with Gasteiger partial charge in [0.15, 0.2) is 5.96 Å². The van der Waals surface area contributed by atoms with Gasteiger partial charge in [0.25, 0.3) is 0 Å². The summed E-state index contributed by atoms with van der Waals surface area (Å²) in [5, 5.41) is 15.5. The summed E-state index contributed by atoms with van der Waals surface area (Å²) in [6.07, 6.45) is 0. The molecule has 0 spiro atoms. The van der Waals surface area contributed by atoms with Crippen LogP contribution in [0.4, 0.5) is 0 Å². The number of benzene rings is 2. The van der Waals surface area contributed by atoms with Gasteiger partial charge >= 0.3 is 0 Å². The van der Waals surface area contributed by atoms with Crippen molar-refractivity contribution in [1.29, 1.82) is 5.26 Å². The van der Waals surface area contributed by atoms with Crippen LogP contribution < -0.4 is 10.6 Å². The van der Waals surface area contributed by atoms with E-state index in [0.717, 1.165) is 18.1 Å². The van der Waals surface area contributed by atoms with Gasteiger partial charge in [-0.15, -0.1) is 24.0 Å². The molecule has 0 atom stereocenters. The lowest BCUT2D eigenvalue weighted by atomic mass is 10.1. The monoisotopic (exact) mass is 434 g/mol. The van der Waals surface area contributed by atoms with Gasteiger partial charge in [0.1, 0.15) is 0 Å². The van der Waals surface area contributed by atoms with Gasteiger partial charge in [-0.1, -0.05) is 35.9 Å². The summed E-state index contributed by atoms with van der Waals surface area (Å²) in [7, 11) is 1.75. The molecule has 2 aromatic carbocycles. The maximum absolute atomic E-state index is 8.93. The lowest BCUT2D eigenvalue weighted by molar-refractivity contribution is 0.806. The topological polar surface area (TPSA) is 60.2 Å². The quantitative estimate of drug-likeness (QED) is 0.439. The summed E-state index contributed by atoms with van der Waals surface area (Å²) < 4.78 is 0. The molecular formula is C19H23IN4. The number of hydrogen-bond acceptors (Lipinski definition) is 2. The van der Waals surface area contributed by atoms with Crippen LogP contribution in [0.3, 0.4) is 0 Å². The summed E-state index contributed by atoms with van der Waals surface area (Å²) >= 11 is 0. The van der Waals surface area contributed by atoms with Gasteiger partial charge < -0.3 is 10.6 Å². The molecule has 0 radical (unpaired) electrons. The molecule has 0 saturated carbocycles. The van der Waals surface area contributed by atoms with E-state index in [1.54, 1.807) is 13.1 Å². The van der Waals surface area contributed by atoms with Crippen LogP contribution in [0.5, 0.6) is 0 Å². The van der Waals surface area contributed by atoms with E-state index >= 15 is 0 Å². The number of aliphatic imine (C=N–C) groups is 1. The highest BCUT2D eigenvalue weighted by atomic mass is 127. The number of nitrogens with zero attached hydrogens (tertiary/aromatic N) is 2. The number of nitriles is 1. The zero-order chi connectivity index (χ0) is 16.7. The minimum atomic E-state index is 0. The molecule has 2 N–H and O–H groups in total. The smallest absolute Gasteiger partial charge is 0.191 e. The molecule has 0 aromatic heterocycles. The van der Waals surface area contributed by atoms with E-state index in [9.17, 15) is 0 Å². The molecule has 0 fully saturated rings. The van der Waals surface area contributed by atoms with Crippen LogP contribution in [0.1, 0.15) is 27.8 Å². The SMILES string of the molecule is CN=C(NCc1cccc(C#N)c1)NCc1ccc(C)cc1C.I. The van der Waals surface area contributed by atoms with Crippen molar-refractivity contribution in [3.05, 3.63) is 70.3 Å². The zero-order valence-electron chi connectivity index (χ0n) is 14.3. The van der Waals surface area contributed by atoms with Crippen LogP contribution in [0.2, 0.25) is 0 Å². The van der Waals surface area contributed by atoms with Gasteiger partial charge in [-0.3, -0.25) is 4.99 Å². The van der Waals surface area contributed by atoms with Crippen LogP contribution in [-0.4, -0.2) is 13.0 Å². The number of rotatable bonds is 4. The van der Waals surface area contributed by atoms with E-state index in [2.05, 4.69) is 53.7 Å². The maximum Gasteiger partial charge on any atom is 0.191 e. The molecule has 0 aliphatic rings. The predicted octanol–water partition coefficient (Wildman–Crippen LogP) is 3.66. The van der Waals surface area contributed by atoms with E-state index in [-0.39, 0.29) is 24.0 Å². The molecule has 2 aromatic rings. The second-order valence-corrected chi connectivity index (χ2v) is 5.52. The number of guanidine groups is 1. The summed E-state index contributed by atoms with van der Waals surface area (Å²) in [5.41, 5.74) is 5.52. The molecule has 0 aliphatic heterocycles. The first-order valence-corrected chi connectivity index (χ1v) is 7.62. The summed E-state index contributed by atoms with van der Waals surface area (Å²) in [6, 6.07) is 16.2. The largest absolute Gasteiger partial charge is 0.352 e. The van der Waals surface area contributed by atoms with Crippen LogP contribution >= 0.6 is 24.0 Å². The Labute approximate surface area is 161 Å². The Morgan fingerprint density at radius 3 is 2.50 bits per heavy atom. The Hall–Kier alpha value is -2.07. The number of halogens is 1. The lowest BCUT2D eigenvalue weighted by Gasteiger charge is -2.13. The Morgan fingerprint density at radius 2 is 1.83 bits per heavy atom. The fourth-order valence-electron chi connectivity index (χ4n) is 2.38. The molecule has 0 amide bonds. The molecule has 0 heterocycles. The summed E-state index contributed by atoms with van der Waals surface area (Å²) in [4.78, 5) is 4.24. The van der Waals surface area contributed by atoms with E-state index < -0.39 is 0 Å². The molecule has 0 saturated heterocycles. The van der Waals surface area contributed by atoms with Crippen molar-refractivity contribution in [3.63, 3.8) is 0 Å². The number of hydrogen-bond donors (Lipinski definition) is 2. The third kappa shape index (κ3) is 5.85. The number of aryl methyl sites for hydroxylation is 2. The van der Waals surface area contributed by atoms with Crippen molar-refractivity contribution in [2.24, 2.45) is 4.99 Å². The van der Waals surface area contributed by atoms with Crippen molar-refractivity contribution < 1.29 is 0 Å². The third-order valence-electron chi connectivity index (χ3n) is 3.68. The van der Waals surface area contributed by atoms with Gasteiger partial charge in [0, 0.05) is 20.1 Å². The Bertz CT molecular complexity index is 747. The van der Waals surface area contributed by atoms with Crippen LogP contribution in [0.25, 0.3) is 0 Å². The first kappa shape index (κ1) is 20.0. The summed E-state index contributed by atoms with van der Waals surface area (Å²) in [6.45, 7) is 5.57. The Balaban J connectivity index is 0.00000288. The van der Waals surface area contributed by atoms with E-state index in [1.807, 2.05) is 18.2 Å². The molecule has 24 heavy (non-hydrogen) atoms. The molecule has 126 valence electrons. The van der Waals surface area contributed by atoms with Gasteiger partial charge in [0.05, 0.1) is 11.6 Å². The van der Waals surface area contributed by atoms with E-state index in [4.69, 9.17) is 5.26 Å². The van der Waals surface area contributed by atoms with Crippen LogP contribution in [-0.2, 0) is 13.1 Å². The minimum Gasteiger partial charge on any atom is -0.352 e.